The molecule has 0 saturated carbocycles. The second kappa shape index (κ2) is 5.79. The Morgan fingerprint density at radius 1 is 1.20 bits per heavy atom. The molecule has 0 bridgehead atoms. The number of carbonyl (C=O) groups excluding carboxylic acids is 3. The van der Waals surface area contributed by atoms with Crippen molar-refractivity contribution in [2.24, 2.45) is 5.18 Å². The summed E-state index contributed by atoms with van der Waals surface area (Å²) in [5, 5.41) is 2.17. The van der Waals surface area contributed by atoms with E-state index in [9.17, 15) is 19.3 Å². The minimum Gasteiger partial charge on any atom is -0.309 e. The van der Waals surface area contributed by atoms with Crippen molar-refractivity contribution in [2.45, 2.75) is 20.8 Å². The predicted molar refractivity (Wildman–Crippen MR) is 52.6 cm³/mol. The molecule has 6 nitrogen and oxygen atoms in total. The van der Waals surface area contributed by atoms with E-state index in [1.807, 2.05) is 0 Å². The van der Waals surface area contributed by atoms with E-state index in [1.165, 1.54) is 27.0 Å². The predicted octanol–water partition coefficient (Wildman–Crippen LogP) is 0.621. The molecular weight excluding hydrogens is 200 g/mol. The molecule has 6 heteroatoms. The Balaban J connectivity index is 4.76. The lowest BCUT2D eigenvalue weighted by Crippen LogP contribution is -2.29. The van der Waals surface area contributed by atoms with E-state index in [-0.39, 0.29) is 5.78 Å². The summed E-state index contributed by atoms with van der Waals surface area (Å²) < 4.78 is 0. The highest BCUT2D eigenvalue weighted by atomic mass is 16.3. The Morgan fingerprint density at radius 3 is 2.07 bits per heavy atom. The molecule has 0 fully saturated rings. The van der Waals surface area contributed by atoms with Crippen molar-refractivity contribution in [2.75, 3.05) is 6.54 Å². The van der Waals surface area contributed by atoms with E-state index in [0.29, 0.717) is 5.57 Å². The highest BCUT2D eigenvalue weighted by Gasteiger charge is 2.12. The van der Waals surface area contributed by atoms with Crippen LogP contribution >= 0.6 is 0 Å². The van der Waals surface area contributed by atoms with E-state index < -0.39 is 18.4 Å². The molecule has 0 aliphatic heterocycles. The van der Waals surface area contributed by atoms with Crippen LogP contribution in [-0.2, 0) is 14.4 Å². The summed E-state index contributed by atoms with van der Waals surface area (Å²) >= 11 is 0. The number of carbonyl (C=O) groups is 3. The van der Waals surface area contributed by atoms with Crippen molar-refractivity contribution in [3.8, 4) is 0 Å². The number of rotatable bonds is 4. The maximum absolute atomic E-state index is 11.0. The molecule has 0 saturated heterocycles. The fraction of sp³-hybridized carbons (Fsp3) is 0.444. The summed E-state index contributed by atoms with van der Waals surface area (Å²) in [5.74, 6) is -1.61. The molecule has 0 spiro atoms. The first-order valence-electron chi connectivity index (χ1n) is 4.21. The zero-order chi connectivity index (χ0) is 12.0. The van der Waals surface area contributed by atoms with Gasteiger partial charge < -0.3 is 4.90 Å². The van der Waals surface area contributed by atoms with Gasteiger partial charge in [-0.15, -0.1) is 4.91 Å². The van der Waals surface area contributed by atoms with Crippen molar-refractivity contribution in [3.63, 3.8) is 0 Å². The SMILES string of the molecule is CC(=O)/C(C)=C\N(CC(=O)N=O)C(C)=O. The Morgan fingerprint density at radius 2 is 1.73 bits per heavy atom. The van der Waals surface area contributed by atoms with Crippen LogP contribution in [0.3, 0.4) is 0 Å². The van der Waals surface area contributed by atoms with Gasteiger partial charge in [-0.3, -0.25) is 14.4 Å². The fourth-order valence-corrected chi connectivity index (χ4v) is 0.747. The van der Waals surface area contributed by atoms with Gasteiger partial charge in [-0.1, -0.05) is 0 Å². The van der Waals surface area contributed by atoms with E-state index in [1.54, 1.807) is 0 Å². The molecular formula is C9H12N2O4. The summed E-state index contributed by atoms with van der Waals surface area (Å²) in [6, 6.07) is 0. The molecule has 0 aromatic rings. The first-order valence-corrected chi connectivity index (χ1v) is 4.21. The molecule has 0 atom stereocenters. The highest BCUT2D eigenvalue weighted by Crippen LogP contribution is 2.00. The average Bonchev–Trinajstić information content (AvgIpc) is 2.15. The van der Waals surface area contributed by atoms with Crippen LogP contribution in [0.1, 0.15) is 20.8 Å². The second-order valence-corrected chi connectivity index (χ2v) is 3.00. The van der Waals surface area contributed by atoms with Crippen LogP contribution in [0.15, 0.2) is 16.9 Å². The average molecular weight is 212 g/mol. The zero-order valence-electron chi connectivity index (χ0n) is 8.81. The molecule has 0 heterocycles. The maximum atomic E-state index is 11.0. The summed E-state index contributed by atoms with van der Waals surface area (Å²) in [4.78, 5) is 43.4. The fourth-order valence-electron chi connectivity index (χ4n) is 0.747. The Kier molecular flexibility index (Phi) is 5.08. The van der Waals surface area contributed by atoms with Gasteiger partial charge in [0.1, 0.15) is 6.54 Å². The Labute approximate surface area is 86.9 Å². The van der Waals surface area contributed by atoms with Gasteiger partial charge in [0.05, 0.1) is 0 Å². The number of nitroso groups, excluding NO2 is 1. The molecule has 0 rings (SSSR count). The van der Waals surface area contributed by atoms with Crippen LogP contribution in [0.25, 0.3) is 0 Å². The minimum absolute atomic E-state index is 0.215. The Hall–Kier alpha value is -1.85. The number of ketones is 1. The van der Waals surface area contributed by atoms with Crippen molar-refractivity contribution >= 4 is 17.6 Å². The zero-order valence-corrected chi connectivity index (χ0v) is 8.81. The van der Waals surface area contributed by atoms with Crippen LogP contribution in [0.2, 0.25) is 0 Å². The van der Waals surface area contributed by atoms with Gasteiger partial charge in [-0.2, -0.15) is 0 Å². The molecule has 82 valence electrons. The lowest BCUT2D eigenvalue weighted by molar-refractivity contribution is -0.130. The van der Waals surface area contributed by atoms with Gasteiger partial charge >= 0.3 is 5.91 Å². The molecule has 0 aliphatic rings. The summed E-state index contributed by atoms with van der Waals surface area (Å²) in [6.07, 6.45) is 1.23. The van der Waals surface area contributed by atoms with Crippen LogP contribution in [0, 0.1) is 4.91 Å². The largest absolute Gasteiger partial charge is 0.309 e. The van der Waals surface area contributed by atoms with Crippen LogP contribution < -0.4 is 0 Å². The summed E-state index contributed by atoms with van der Waals surface area (Å²) in [6.45, 7) is 3.63. The molecule has 2 amide bonds. The third-order valence-electron chi connectivity index (χ3n) is 1.72. The first-order chi connectivity index (χ1) is 6.88. The standard InChI is InChI=1S/C9H12N2O4/c1-6(7(2)12)4-11(8(3)13)5-9(14)10-15/h4H,5H2,1-3H3/b6-4-. The lowest BCUT2D eigenvalue weighted by Gasteiger charge is -2.14. The lowest BCUT2D eigenvalue weighted by atomic mass is 10.2. The number of hydrogen-bond acceptors (Lipinski definition) is 4. The molecule has 0 radical (unpaired) electrons. The molecule has 0 N–H and O–H groups in total. The van der Waals surface area contributed by atoms with Crippen LogP contribution in [0.5, 0.6) is 0 Å². The number of amides is 2. The molecule has 0 aromatic heterocycles. The van der Waals surface area contributed by atoms with Gasteiger partial charge in [0.25, 0.3) is 0 Å². The Bertz CT molecular complexity index is 333. The number of hydrogen-bond donors (Lipinski definition) is 0. The molecule has 0 aliphatic carbocycles. The van der Waals surface area contributed by atoms with E-state index >= 15 is 0 Å². The monoisotopic (exact) mass is 212 g/mol. The minimum atomic E-state index is -0.960. The van der Waals surface area contributed by atoms with Gasteiger partial charge in [0, 0.05) is 23.9 Å². The topological polar surface area (TPSA) is 83.9 Å². The summed E-state index contributed by atoms with van der Waals surface area (Å²) in [7, 11) is 0. The molecule has 0 unspecified atom stereocenters. The van der Waals surface area contributed by atoms with Crippen LogP contribution in [-0.4, -0.2) is 29.0 Å². The van der Waals surface area contributed by atoms with E-state index in [0.717, 1.165) is 4.90 Å². The smallest absolute Gasteiger partial charge is 0.305 e. The first kappa shape index (κ1) is 13.2. The maximum Gasteiger partial charge on any atom is 0.305 e. The van der Waals surface area contributed by atoms with Gasteiger partial charge in [-0.05, 0) is 13.8 Å². The van der Waals surface area contributed by atoms with Gasteiger partial charge in [0.2, 0.25) is 5.91 Å². The van der Waals surface area contributed by atoms with Crippen molar-refractivity contribution < 1.29 is 14.4 Å². The molecule has 0 aromatic carbocycles. The van der Waals surface area contributed by atoms with Gasteiger partial charge in [-0.25, -0.2) is 0 Å². The highest BCUT2D eigenvalue weighted by molar-refractivity contribution is 5.93. The van der Waals surface area contributed by atoms with Crippen molar-refractivity contribution in [3.05, 3.63) is 16.7 Å². The van der Waals surface area contributed by atoms with Crippen molar-refractivity contribution in [1.82, 2.24) is 4.90 Å². The third-order valence-corrected chi connectivity index (χ3v) is 1.72. The van der Waals surface area contributed by atoms with E-state index in [4.69, 9.17) is 0 Å². The quantitative estimate of drug-likeness (QED) is 0.505. The number of allylic oxidation sites excluding steroid dienone is 1. The van der Waals surface area contributed by atoms with Gasteiger partial charge in [0.15, 0.2) is 5.78 Å². The number of nitrogens with zero attached hydrogens (tertiary/aromatic N) is 2. The summed E-state index contributed by atoms with van der Waals surface area (Å²) in [5.41, 5.74) is 0.323. The van der Waals surface area contributed by atoms with Crippen molar-refractivity contribution in [1.29, 1.82) is 0 Å². The number of Topliss-reactive ketones (excluding diaryl/α,β-unsaturated/α-hetero) is 1. The van der Waals surface area contributed by atoms with E-state index in [2.05, 4.69) is 5.18 Å². The molecule has 15 heavy (non-hydrogen) atoms. The normalized spacial score (nSPS) is 10.7. The third kappa shape index (κ3) is 4.80. The van der Waals surface area contributed by atoms with Crippen LogP contribution in [0.4, 0.5) is 0 Å². The second-order valence-electron chi connectivity index (χ2n) is 3.00.